The van der Waals surface area contributed by atoms with E-state index >= 15 is 0 Å². The number of aromatic nitrogens is 1. The fourth-order valence-electron chi connectivity index (χ4n) is 2.11. The van der Waals surface area contributed by atoms with Gasteiger partial charge in [0, 0.05) is 24.5 Å². The van der Waals surface area contributed by atoms with E-state index in [1.54, 1.807) is 0 Å². The van der Waals surface area contributed by atoms with Gasteiger partial charge in [-0.05, 0) is 33.2 Å². The van der Waals surface area contributed by atoms with Crippen LogP contribution in [0.5, 0.6) is 0 Å². The van der Waals surface area contributed by atoms with E-state index in [0.29, 0.717) is 6.04 Å². The first-order valence-corrected chi connectivity index (χ1v) is 8.33. The molecule has 1 aromatic heterocycles. The summed E-state index contributed by atoms with van der Waals surface area (Å²) in [5.41, 5.74) is 1.18. The Balaban J connectivity index is 2.61. The number of aryl methyl sites for hydroxylation is 1. The van der Waals surface area contributed by atoms with Gasteiger partial charge in [0.2, 0.25) is 0 Å². The molecule has 0 radical (unpaired) electrons. The molecular weight excluding hydrogens is 254 g/mol. The monoisotopic (exact) mass is 283 g/mol. The Morgan fingerprint density at radius 2 is 2.00 bits per heavy atom. The summed E-state index contributed by atoms with van der Waals surface area (Å²) < 4.78 is 0. The fraction of sp³-hybridized carbons (Fsp3) is 0.800. The lowest BCUT2D eigenvalue weighted by atomic mass is 10.2. The summed E-state index contributed by atoms with van der Waals surface area (Å²) in [6, 6.07) is 0.412. The van der Waals surface area contributed by atoms with Crippen LogP contribution in [0.1, 0.15) is 63.1 Å². The van der Waals surface area contributed by atoms with Crippen molar-refractivity contribution in [3.05, 3.63) is 10.6 Å². The second kappa shape index (κ2) is 8.54. The number of rotatable bonds is 9. The maximum atomic E-state index is 4.72. The van der Waals surface area contributed by atoms with Crippen LogP contribution in [0, 0.1) is 6.92 Å². The minimum atomic E-state index is 0.412. The molecule has 1 atom stereocenters. The van der Waals surface area contributed by atoms with Crippen molar-refractivity contribution >= 4 is 16.5 Å². The standard InChI is InChI=1S/C15H29N3S/c1-6-8-9-11-18(5)15-17-13(4)14(19-15)12(3)16-10-7-2/h12,16H,6-11H2,1-5H3. The zero-order valence-corrected chi connectivity index (χ0v) is 13.9. The molecule has 0 aliphatic heterocycles. The van der Waals surface area contributed by atoms with Crippen LogP contribution in [0.3, 0.4) is 0 Å². The van der Waals surface area contributed by atoms with Gasteiger partial charge in [-0.1, -0.05) is 26.7 Å². The lowest BCUT2D eigenvalue weighted by Gasteiger charge is -2.15. The van der Waals surface area contributed by atoms with Crippen LogP contribution in [0.25, 0.3) is 0 Å². The van der Waals surface area contributed by atoms with E-state index < -0.39 is 0 Å². The van der Waals surface area contributed by atoms with Gasteiger partial charge in [-0.25, -0.2) is 4.98 Å². The van der Waals surface area contributed by atoms with Gasteiger partial charge in [0.15, 0.2) is 5.13 Å². The molecule has 1 unspecified atom stereocenters. The lowest BCUT2D eigenvalue weighted by molar-refractivity contribution is 0.575. The van der Waals surface area contributed by atoms with Crippen molar-refractivity contribution in [1.29, 1.82) is 0 Å². The van der Waals surface area contributed by atoms with E-state index in [4.69, 9.17) is 4.98 Å². The van der Waals surface area contributed by atoms with Gasteiger partial charge in [0.25, 0.3) is 0 Å². The summed E-state index contributed by atoms with van der Waals surface area (Å²) in [5.74, 6) is 0. The van der Waals surface area contributed by atoms with Crippen LogP contribution >= 0.6 is 11.3 Å². The molecule has 0 aliphatic rings. The first-order valence-electron chi connectivity index (χ1n) is 7.51. The van der Waals surface area contributed by atoms with Crippen LogP contribution in [0.2, 0.25) is 0 Å². The minimum Gasteiger partial charge on any atom is -0.351 e. The summed E-state index contributed by atoms with van der Waals surface area (Å²) in [6.45, 7) is 11.0. The van der Waals surface area contributed by atoms with Crippen molar-refractivity contribution in [3.63, 3.8) is 0 Å². The Kier molecular flexibility index (Phi) is 7.39. The molecule has 0 bridgehead atoms. The molecule has 0 fully saturated rings. The van der Waals surface area contributed by atoms with Gasteiger partial charge in [0.05, 0.1) is 5.69 Å². The molecule has 1 aromatic rings. The van der Waals surface area contributed by atoms with Crippen LogP contribution in [-0.2, 0) is 0 Å². The number of unbranched alkanes of at least 4 members (excludes halogenated alkanes) is 2. The van der Waals surface area contributed by atoms with Crippen molar-refractivity contribution in [2.24, 2.45) is 0 Å². The van der Waals surface area contributed by atoms with E-state index in [-0.39, 0.29) is 0 Å². The number of thiazole rings is 1. The Morgan fingerprint density at radius 3 is 2.63 bits per heavy atom. The minimum absolute atomic E-state index is 0.412. The second-order valence-electron chi connectivity index (χ2n) is 5.25. The largest absolute Gasteiger partial charge is 0.351 e. The normalized spacial score (nSPS) is 12.7. The van der Waals surface area contributed by atoms with Crippen molar-refractivity contribution in [3.8, 4) is 0 Å². The number of hydrogen-bond acceptors (Lipinski definition) is 4. The second-order valence-corrected chi connectivity index (χ2v) is 6.26. The van der Waals surface area contributed by atoms with Crippen LogP contribution in [-0.4, -0.2) is 25.1 Å². The van der Waals surface area contributed by atoms with Crippen LogP contribution in [0.15, 0.2) is 0 Å². The van der Waals surface area contributed by atoms with Crippen LogP contribution in [0.4, 0.5) is 5.13 Å². The molecule has 0 spiro atoms. The molecule has 0 aromatic carbocycles. The molecule has 0 aliphatic carbocycles. The number of nitrogens with zero attached hydrogens (tertiary/aromatic N) is 2. The van der Waals surface area contributed by atoms with Gasteiger partial charge in [-0.2, -0.15) is 0 Å². The highest BCUT2D eigenvalue weighted by atomic mass is 32.1. The molecule has 0 saturated carbocycles. The Bertz CT molecular complexity index is 362. The summed E-state index contributed by atoms with van der Waals surface area (Å²) in [6.07, 6.45) is 5.00. The first-order chi connectivity index (χ1) is 9.10. The van der Waals surface area contributed by atoms with E-state index in [1.807, 2.05) is 11.3 Å². The van der Waals surface area contributed by atoms with Crippen molar-refractivity contribution in [1.82, 2.24) is 10.3 Å². The predicted molar refractivity (Wildman–Crippen MR) is 86.4 cm³/mol. The maximum Gasteiger partial charge on any atom is 0.185 e. The molecule has 0 amide bonds. The lowest BCUT2D eigenvalue weighted by Crippen LogP contribution is -2.19. The van der Waals surface area contributed by atoms with Gasteiger partial charge in [0.1, 0.15) is 0 Å². The molecule has 3 nitrogen and oxygen atoms in total. The average Bonchev–Trinajstić information content (AvgIpc) is 2.78. The number of hydrogen-bond donors (Lipinski definition) is 1. The van der Waals surface area contributed by atoms with E-state index in [1.165, 1.54) is 36.3 Å². The van der Waals surface area contributed by atoms with Crippen molar-refractivity contribution < 1.29 is 0 Å². The van der Waals surface area contributed by atoms with Crippen LogP contribution < -0.4 is 10.2 Å². The maximum absolute atomic E-state index is 4.72. The Hall–Kier alpha value is -0.610. The van der Waals surface area contributed by atoms with Gasteiger partial charge in [-0.3, -0.25) is 0 Å². The zero-order chi connectivity index (χ0) is 14.3. The highest BCUT2D eigenvalue weighted by Gasteiger charge is 2.15. The number of anilines is 1. The fourth-order valence-corrected chi connectivity index (χ4v) is 3.19. The van der Waals surface area contributed by atoms with E-state index in [2.05, 4.69) is 45.0 Å². The first kappa shape index (κ1) is 16.4. The van der Waals surface area contributed by atoms with Gasteiger partial charge in [-0.15, -0.1) is 11.3 Å². The molecule has 1 rings (SSSR count). The van der Waals surface area contributed by atoms with E-state index in [0.717, 1.165) is 18.2 Å². The average molecular weight is 283 g/mol. The Labute approximate surface area is 122 Å². The number of nitrogens with one attached hydrogen (secondary N) is 1. The van der Waals surface area contributed by atoms with Gasteiger partial charge >= 0.3 is 0 Å². The summed E-state index contributed by atoms with van der Waals surface area (Å²) in [7, 11) is 2.15. The zero-order valence-electron chi connectivity index (χ0n) is 13.1. The third-order valence-electron chi connectivity index (χ3n) is 3.34. The third-order valence-corrected chi connectivity index (χ3v) is 4.79. The summed E-state index contributed by atoms with van der Waals surface area (Å²) in [4.78, 5) is 8.40. The van der Waals surface area contributed by atoms with Gasteiger partial charge < -0.3 is 10.2 Å². The summed E-state index contributed by atoms with van der Waals surface area (Å²) in [5, 5.41) is 4.71. The molecule has 1 heterocycles. The highest BCUT2D eigenvalue weighted by Crippen LogP contribution is 2.30. The molecule has 19 heavy (non-hydrogen) atoms. The Morgan fingerprint density at radius 1 is 1.26 bits per heavy atom. The predicted octanol–water partition coefficient (Wildman–Crippen LogP) is 4.14. The molecular formula is C15H29N3S. The molecule has 4 heteroatoms. The van der Waals surface area contributed by atoms with E-state index in [9.17, 15) is 0 Å². The molecule has 0 saturated heterocycles. The SMILES string of the molecule is CCCCCN(C)c1nc(C)c(C(C)NCCC)s1. The molecule has 110 valence electrons. The third kappa shape index (κ3) is 5.11. The van der Waals surface area contributed by atoms with Crippen molar-refractivity contribution in [2.75, 3.05) is 25.0 Å². The quantitative estimate of drug-likeness (QED) is 0.690. The highest BCUT2D eigenvalue weighted by molar-refractivity contribution is 7.15. The smallest absolute Gasteiger partial charge is 0.185 e. The summed E-state index contributed by atoms with van der Waals surface area (Å²) >= 11 is 1.84. The molecule has 1 N–H and O–H groups in total. The van der Waals surface area contributed by atoms with Crippen molar-refractivity contribution in [2.45, 2.75) is 59.4 Å². The topological polar surface area (TPSA) is 28.2 Å².